The van der Waals surface area contributed by atoms with E-state index in [9.17, 15) is 9.59 Å². The van der Waals surface area contributed by atoms with E-state index in [1.165, 1.54) is 0 Å². The van der Waals surface area contributed by atoms with E-state index >= 15 is 0 Å². The van der Waals surface area contributed by atoms with Crippen molar-refractivity contribution in [2.75, 3.05) is 31.1 Å². The lowest BCUT2D eigenvalue weighted by Gasteiger charge is -2.51. The number of para-hydroxylation sites is 1. The number of carbonyl (C=O) groups is 2. The van der Waals surface area contributed by atoms with Gasteiger partial charge in [-0.3, -0.25) is 14.5 Å². The molecular weight excluding hydrogens is 418 g/mol. The van der Waals surface area contributed by atoms with Crippen LogP contribution in [0, 0.1) is 0 Å². The summed E-state index contributed by atoms with van der Waals surface area (Å²) in [4.78, 5) is 27.7. The van der Waals surface area contributed by atoms with E-state index in [1.807, 2.05) is 37.3 Å². The molecule has 166 valence electrons. The molecule has 1 saturated heterocycles. The quantitative estimate of drug-likeness (QED) is 0.648. The van der Waals surface area contributed by atoms with E-state index in [-0.39, 0.29) is 25.0 Å². The van der Waals surface area contributed by atoms with Crippen molar-refractivity contribution in [1.82, 2.24) is 4.90 Å². The molecule has 1 heterocycles. The molecule has 1 fully saturated rings. The lowest BCUT2D eigenvalue weighted by Crippen LogP contribution is -2.70. The third kappa shape index (κ3) is 5.29. The summed E-state index contributed by atoms with van der Waals surface area (Å²) in [6, 6.07) is 15.0. The molecular formula is C23H28ClN3O4. The zero-order valence-corrected chi connectivity index (χ0v) is 18.5. The van der Waals surface area contributed by atoms with Crippen LogP contribution in [0.3, 0.4) is 0 Å². The topological polar surface area (TPSA) is 96.1 Å². The average molecular weight is 446 g/mol. The predicted molar refractivity (Wildman–Crippen MR) is 121 cm³/mol. The van der Waals surface area contributed by atoms with Gasteiger partial charge in [0.25, 0.3) is 0 Å². The van der Waals surface area contributed by atoms with E-state index in [4.69, 9.17) is 27.2 Å². The van der Waals surface area contributed by atoms with E-state index in [2.05, 4.69) is 16.7 Å². The Labute approximate surface area is 187 Å². The minimum absolute atomic E-state index is 0.0591. The molecule has 0 aliphatic carbocycles. The molecule has 0 spiro atoms. The van der Waals surface area contributed by atoms with Crippen LogP contribution in [0.25, 0.3) is 0 Å². The van der Waals surface area contributed by atoms with Gasteiger partial charge in [0, 0.05) is 31.4 Å². The van der Waals surface area contributed by atoms with E-state index in [0.29, 0.717) is 29.4 Å². The van der Waals surface area contributed by atoms with Crippen molar-refractivity contribution in [2.45, 2.75) is 31.8 Å². The van der Waals surface area contributed by atoms with Gasteiger partial charge in [0.2, 0.25) is 5.91 Å². The number of halogens is 1. The smallest absolute Gasteiger partial charge is 0.307 e. The first kappa shape index (κ1) is 22.9. The Hall–Kier alpha value is -2.77. The maximum Gasteiger partial charge on any atom is 0.307 e. The molecule has 0 saturated carbocycles. The number of carbonyl (C=O) groups excluding carboxylic acids is 1. The highest BCUT2D eigenvalue weighted by Gasteiger charge is 2.45. The van der Waals surface area contributed by atoms with Gasteiger partial charge in [-0.2, -0.15) is 0 Å². The van der Waals surface area contributed by atoms with Crippen LogP contribution in [0.2, 0.25) is 5.02 Å². The van der Waals surface area contributed by atoms with Crippen LogP contribution < -0.4 is 15.4 Å². The fourth-order valence-corrected chi connectivity index (χ4v) is 4.32. The first-order chi connectivity index (χ1) is 14.7. The van der Waals surface area contributed by atoms with E-state index in [1.54, 1.807) is 18.2 Å². The molecule has 0 bridgehead atoms. The second-order valence-corrected chi connectivity index (χ2v) is 8.49. The molecule has 1 amide bonds. The van der Waals surface area contributed by atoms with Gasteiger partial charge in [0.05, 0.1) is 11.4 Å². The number of piperazine rings is 1. The molecule has 2 atom stereocenters. The van der Waals surface area contributed by atoms with E-state index in [0.717, 1.165) is 12.2 Å². The van der Waals surface area contributed by atoms with Gasteiger partial charge in [-0.05, 0) is 43.7 Å². The van der Waals surface area contributed by atoms with Gasteiger partial charge in [-0.1, -0.05) is 35.9 Å². The van der Waals surface area contributed by atoms with Gasteiger partial charge in [0.1, 0.15) is 17.9 Å². The van der Waals surface area contributed by atoms with Crippen LogP contribution >= 0.6 is 11.6 Å². The Balaban J connectivity index is 1.71. The fraction of sp³-hybridized carbons (Fsp3) is 0.391. The Bertz CT molecular complexity index is 940. The Morgan fingerprint density at radius 1 is 1.26 bits per heavy atom. The number of primary amides is 1. The summed E-state index contributed by atoms with van der Waals surface area (Å²) in [5, 5.41) is 9.40. The van der Waals surface area contributed by atoms with Crippen molar-refractivity contribution in [3.05, 3.63) is 59.1 Å². The number of nitrogens with two attached hydrogens (primary N) is 1. The standard InChI is InChI=1S/C23H28ClN3O4/c1-16-14-26(18-6-4-3-5-7-18)15-23(2,22(25)30)27(16)10-11-31-20-12-17(13-21(28)29)8-9-19(20)24/h3-9,12,16H,10-11,13-15H2,1-2H3,(H2,25,30)(H,28,29). The highest BCUT2D eigenvalue weighted by Crippen LogP contribution is 2.30. The van der Waals surface area contributed by atoms with Crippen LogP contribution in [0.15, 0.2) is 48.5 Å². The monoisotopic (exact) mass is 445 g/mol. The minimum Gasteiger partial charge on any atom is -0.491 e. The number of ether oxygens (including phenoxy) is 1. The van der Waals surface area contributed by atoms with Crippen LogP contribution in [-0.2, 0) is 16.0 Å². The lowest BCUT2D eigenvalue weighted by molar-refractivity contribution is -0.136. The number of carboxylic acids is 1. The Morgan fingerprint density at radius 2 is 1.97 bits per heavy atom. The molecule has 0 aromatic heterocycles. The molecule has 2 aromatic carbocycles. The van der Waals surface area contributed by atoms with Crippen LogP contribution in [-0.4, -0.2) is 59.7 Å². The molecule has 2 unspecified atom stereocenters. The Kier molecular flexibility index (Phi) is 7.08. The maximum atomic E-state index is 12.5. The first-order valence-corrected chi connectivity index (χ1v) is 10.6. The van der Waals surface area contributed by atoms with Crippen molar-refractivity contribution in [3.63, 3.8) is 0 Å². The normalized spacial score (nSPS) is 21.6. The van der Waals surface area contributed by atoms with Crippen molar-refractivity contribution in [2.24, 2.45) is 5.73 Å². The third-order valence-electron chi connectivity index (χ3n) is 5.74. The van der Waals surface area contributed by atoms with Crippen molar-refractivity contribution in [1.29, 1.82) is 0 Å². The summed E-state index contributed by atoms with van der Waals surface area (Å²) < 4.78 is 5.86. The van der Waals surface area contributed by atoms with Crippen molar-refractivity contribution >= 4 is 29.2 Å². The zero-order valence-electron chi connectivity index (χ0n) is 17.8. The van der Waals surface area contributed by atoms with Gasteiger partial charge < -0.3 is 20.5 Å². The molecule has 8 heteroatoms. The number of nitrogens with zero attached hydrogens (tertiary/aromatic N) is 2. The van der Waals surface area contributed by atoms with Crippen molar-refractivity contribution < 1.29 is 19.4 Å². The molecule has 3 N–H and O–H groups in total. The summed E-state index contributed by atoms with van der Waals surface area (Å²) in [5.74, 6) is -0.881. The molecule has 31 heavy (non-hydrogen) atoms. The van der Waals surface area contributed by atoms with Crippen molar-refractivity contribution in [3.8, 4) is 5.75 Å². The third-order valence-corrected chi connectivity index (χ3v) is 6.05. The maximum absolute atomic E-state index is 12.5. The number of hydrogen-bond donors (Lipinski definition) is 2. The molecule has 3 rings (SSSR count). The number of aliphatic carboxylic acids is 1. The SMILES string of the molecule is CC1CN(c2ccccc2)CC(C)(C(N)=O)N1CCOc1cc(CC(=O)O)ccc1Cl. The largest absolute Gasteiger partial charge is 0.491 e. The second-order valence-electron chi connectivity index (χ2n) is 8.08. The predicted octanol–water partition coefficient (Wildman–Crippen LogP) is 2.80. The summed E-state index contributed by atoms with van der Waals surface area (Å²) in [5.41, 5.74) is 6.64. The number of carboxylic acid groups (broad SMARTS) is 1. The second kappa shape index (κ2) is 9.58. The van der Waals surface area contributed by atoms with Gasteiger partial charge in [-0.15, -0.1) is 0 Å². The molecule has 1 aliphatic heterocycles. The fourth-order valence-electron chi connectivity index (χ4n) is 4.15. The molecule has 1 aliphatic rings. The van der Waals surface area contributed by atoms with Crippen LogP contribution in [0.4, 0.5) is 5.69 Å². The van der Waals surface area contributed by atoms with Crippen LogP contribution in [0.5, 0.6) is 5.75 Å². The highest BCUT2D eigenvalue weighted by molar-refractivity contribution is 6.32. The number of rotatable bonds is 8. The van der Waals surface area contributed by atoms with E-state index < -0.39 is 11.5 Å². The molecule has 0 radical (unpaired) electrons. The lowest BCUT2D eigenvalue weighted by atomic mass is 9.91. The highest BCUT2D eigenvalue weighted by atomic mass is 35.5. The summed E-state index contributed by atoms with van der Waals surface area (Å²) in [6.45, 7) is 5.92. The zero-order chi connectivity index (χ0) is 22.6. The Morgan fingerprint density at radius 3 is 2.61 bits per heavy atom. The number of benzene rings is 2. The van der Waals surface area contributed by atoms with Gasteiger partial charge in [-0.25, -0.2) is 0 Å². The molecule has 7 nitrogen and oxygen atoms in total. The molecule has 2 aromatic rings. The number of anilines is 1. The first-order valence-electron chi connectivity index (χ1n) is 10.2. The summed E-state index contributed by atoms with van der Waals surface area (Å²) >= 11 is 6.21. The van der Waals surface area contributed by atoms with Crippen LogP contribution in [0.1, 0.15) is 19.4 Å². The van der Waals surface area contributed by atoms with Gasteiger partial charge >= 0.3 is 5.97 Å². The number of hydrogen-bond acceptors (Lipinski definition) is 5. The number of amides is 1. The van der Waals surface area contributed by atoms with Gasteiger partial charge in [0.15, 0.2) is 0 Å². The summed E-state index contributed by atoms with van der Waals surface area (Å²) in [7, 11) is 0. The summed E-state index contributed by atoms with van der Waals surface area (Å²) in [6.07, 6.45) is -0.105. The minimum atomic E-state index is -0.921. The average Bonchev–Trinajstić information content (AvgIpc) is 2.72.